The summed E-state index contributed by atoms with van der Waals surface area (Å²) in [5, 5.41) is 7.72. The molecule has 0 bridgehead atoms. The van der Waals surface area contributed by atoms with Crippen LogP contribution in [0.5, 0.6) is 0 Å². The van der Waals surface area contributed by atoms with Crippen molar-refractivity contribution in [2.75, 3.05) is 26.8 Å². The summed E-state index contributed by atoms with van der Waals surface area (Å²) >= 11 is 1.73. The Morgan fingerprint density at radius 3 is 2.71 bits per heavy atom. The Labute approximate surface area is 130 Å². The summed E-state index contributed by atoms with van der Waals surface area (Å²) in [5.41, 5.74) is 2.57. The summed E-state index contributed by atoms with van der Waals surface area (Å²) in [5.74, 6) is 0.213. The second kappa shape index (κ2) is 8.93. The van der Waals surface area contributed by atoms with E-state index in [1.165, 1.54) is 11.1 Å². The predicted octanol–water partition coefficient (Wildman–Crippen LogP) is 3.84. The van der Waals surface area contributed by atoms with E-state index < -0.39 is 0 Å². The zero-order valence-corrected chi connectivity index (χ0v) is 13.2. The van der Waals surface area contributed by atoms with Crippen LogP contribution < -0.4 is 5.32 Å². The first-order valence-electron chi connectivity index (χ1n) is 7.26. The maximum Gasteiger partial charge on any atom is 0.123 e. The van der Waals surface area contributed by atoms with Crippen molar-refractivity contribution in [3.8, 4) is 0 Å². The number of aryl methyl sites for hydroxylation is 1. The van der Waals surface area contributed by atoms with Crippen molar-refractivity contribution in [2.24, 2.45) is 0 Å². The van der Waals surface area contributed by atoms with Gasteiger partial charge in [-0.05, 0) is 58.8 Å². The van der Waals surface area contributed by atoms with Crippen LogP contribution in [-0.2, 0) is 11.2 Å². The molecule has 0 aliphatic rings. The Kier molecular flexibility index (Phi) is 6.86. The molecule has 0 fully saturated rings. The Hall–Kier alpha value is -1.23. The summed E-state index contributed by atoms with van der Waals surface area (Å²) in [6.07, 6.45) is 2.11. The van der Waals surface area contributed by atoms with Crippen LogP contribution in [0.4, 0.5) is 4.39 Å². The highest BCUT2D eigenvalue weighted by molar-refractivity contribution is 7.07. The highest BCUT2D eigenvalue weighted by Gasteiger charge is 2.12. The van der Waals surface area contributed by atoms with Gasteiger partial charge in [0.2, 0.25) is 0 Å². The monoisotopic (exact) mass is 307 g/mol. The number of nitrogens with one attached hydrogen (secondary N) is 1. The van der Waals surface area contributed by atoms with E-state index >= 15 is 0 Å². The Bertz CT molecular complexity index is 498. The molecule has 0 spiro atoms. The van der Waals surface area contributed by atoms with E-state index in [1.54, 1.807) is 30.6 Å². The number of hydrogen-bond donors (Lipinski definition) is 1. The van der Waals surface area contributed by atoms with Crippen LogP contribution in [0.15, 0.2) is 41.1 Å². The second-order valence-electron chi connectivity index (χ2n) is 5.12. The molecule has 1 N–H and O–H groups in total. The molecule has 0 saturated carbocycles. The molecule has 1 atom stereocenters. The number of benzene rings is 1. The molecule has 4 heteroatoms. The van der Waals surface area contributed by atoms with E-state index in [0.717, 1.165) is 25.9 Å². The number of rotatable bonds is 9. The van der Waals surface area contributed by atoms with Gasteiger partial charge < -0.3 is 10.1 Å². The molecule has 1 unspecified atom stereocenters. The summed E-state index contributed by atoms with van der Waals surface area (Å²) in [4.78, 5) is 0. The van der Waals surface area contributed by atoms with Crippen LogP contribution in [0.3, 0.4) is 0 Å². The summed E-state index contributed by atoms with van der Waals surface area (Å²) in [6, 6.07) is 9.05. The van der Waals surface area contributed by atoms with Gasteiger partial charge >= 0.3 is 0 Å². The Morgan fingerprint density at radius 2 is 2.05 bits per heavy atom. The van der Waals surface area contributed by atoms with Gasteiger partial charge in [-0.2, -0.15) is 11.3 Å². The lowest BCUT2D eigenvalue weighted by atomic mass is 9.93. The van der Waals surface area contributed by atoms with Crippen molar-refractivity contribution in [3.05, 3.63) is 58.0 Å². The molecule has 114 valence electrons. The Balaban J connectivity index is 1.93. The SMILES string of the molecule is COCCNCC(CCc1ccsc1)c1ccc(F)cc1. The summed E-state index contributed by atoms with van der Waals surface area (Å²) < 4.78 is 18.1. The molecule has 1 aromatic carbocycles. The lowest BCUT2D eigenvalue weighted by Crippen LogP contribution is -2.25. The zero-order valence-electron chi connectivity index (χ0n) is 12.3. The van der Waals surface area contributed by atoms with Crippen LogP contribution in [0, 0.1) is 5.82 Å². The molecule has 2 aromatic rings. The van der Waals surface area contributed by atoms with Crippen molar-refractivity contribution >= 4 is 11.3 Å². The molecule has 0 amide bonds. The number of methoxy groups -OCH3 is 1. The van der Waals surface area contributed by atoms with E-state index in [2.05, 4.69) is 22.1 Å². The molecule has 0 aliphatic carbocycles. The molecule has 0 saturated heterocycles. The molecule has 1 aromatic heterocycles. The standard InChI is InChI=1S/C17H22FNOS/c1-20-10-9-19-12-16(3-2-14-8-11-21-13-14)15-4-6-17(18)7-5-15/h4-8,11,13,16,19H,2-3,9-10,12H2,1H3. The number of halogens is 1. The maximum atomic E-state index is 13.1. The smallest absolute Gasteiger partial charge is 0.123 e. The number of hydrogen-bond acceptors (Lipinski definition) is 3. The van der Waals surface area contributed by atoms with E-state index in [0.29, 0.717) is 12.5 Å². The van der Waals surface area contributed by atoms with Gasteiger partial charge in [0.1, 0.15) is 5.82 Å². The van der Waals surface area contributed by atoms with Crippen molar-refractivity contribution in [1.82, 2.24) is 5.32 Å². The van der Waals surface area contributed by atoms with Crippen molar-refractivity contribution in [2.45, 2.75) is 18.8 Å². The summed E-state index contributed by atoms with van der Waals surface area (Å²) in [7, 11) is 1.70. The minimum Gasteiger partial charge on any atom is -0.383 e. The van der Waals surface area contributed by atoms with Crippen LogP contribution in [0.1, 0.15) is 23.5 Å². The van der Waals surface area contributed by atoms with Crippen molar-refractivity contribution in [1.29, 1.82) is 0 Å². The quantitative estimate of drug-likeness (QED) is 0.711. The fourth-order valence-electron chi connectivity index (χ4n) is 2.35. The topological polar surface area (TPSA) is 21.3 Å². The molecule has 2 nitrogen and oxygen atoms in total. The average molecular weight is 307 g/mol. The number of ether oxygens (including phenoxy) is 1. The molecular formula is C17H22FNOS. The maximum absolute atomic E-state index is 13.1. The van der Waals surface area contributed by atoms with Gasteiger partial charge in [-0.15, -0.1) is 0 Å². The van der Waals surface area contributed by atoms with E-state index in [4.69, 9.17) is 4.74 Å². The molecule has 0 aliphatic heterocycles. The fourth-order valence-corrected chi connectivity index (χ4v) is 3.05. The van der Waals surface area contributed by atoms with Gasteiger partial charge in [0, 0.05) is 20.2 Å². The lowest BCUT2D eigenvalue weighted by molar-refractivity contribution is 0.199. The van der Waals surface area contributed by atoms with Crippen molar-refractivity contribution in [3.63, 3.8) is 0 Å². The minimum atomic E-state index is -0.178. The van der Waals surface area contributed by atoms with Gasteiger partial charge in [-0.1, -0.05) is 12.1 Å². The first kappa shape index (κ1) is 16.1. The Morgan fingerprint density at radius 1 is 1.24 bits per heavy atom. The van der Waals surface area contributed by atoms with Crippen LogP contribution in [0.2, 0.25) is 0 Å². The normalized spacial score (nSPS) is 12.5. The van der Waals surface area contributed by atoms with Gasteiger partial charge in [0.15, 0.2) is 0 Å². The zero-order chi connectivity index (χ0) is 14.9. The third-order valence-corrected chi connectivity index (χ3v) is 4.31. The molecule has 21 heavy (non-hydrogen) atoms. The van der Waals surface area contributed by atoms with Gasteiger partial charge in [0.25, 0.3) is 0 Å². The van der Waals surface area contributed by atoms with Crippen LogP contribution in [-0.4, -0.2) is 26.8 Å². The van der Waals surface area contributed by atoms with Gasteiger partial charge in [-0.3, -0.25) is 0 Å². The first-order chi connectivity index (χ1) is 10.3. The predicted molar refractivity (Wildman–Crippen MR) is 86.5 cm³/mol. The van der Waals surface area contributed by atoms with Gasteiger partial charge in [-0.25, -0.2) is 4.39 Å². The first-order valence-corrected chi connectivity index (χ1v) is 8.20. The third-order valence-electron chi connectivity index (χ3n) is 3.58. The summed E-state index contributed by atoms with van der Waals surface area (Å²) in [6.45, 7) is 2.44. The number of thiophene rings is 1. The highest BCUT2D eigenvalue weighted by atomic mass is 32.1. The second-order valence-corrected chi connectivity index (χ2v) is 5.90. The third kappa shape index (κ3) is 5.58. The van der Waals surface area contributed by atoms with Gasteiger partial charge in [0.05, 0.1) is 6.61 Å². The van der Waals surface area contributed by atoms with E-state index in [-0.39, 0.29) is 5.82 Å². The largest absolute Gasteiger partial charge is 0.383 e. The molecule has 1 heterocycles. The molecule has 2 rings (SSSR count). The van der Waals surface area contributed by atoms with E-state index in [9.17, 15) is 4.39 Å². The van der Waals surface area contributed by atoms with Crippen LogP contribution >= 0.6 is 11.3 Å². The molecular weight excluding hydrogens is 285 g/mol. The fraction of sp³-hybridized carbons (Fsp3) is 0.412. The van der Waals surface area contributed by atoms with E-state index in [1.807, 2.05) is 12.1 Å². The molecule has 0 radical (unpaired) electrons. The minimum absolute atomic E-state index is 0.178. The average Bonchev–Trinajstić information content (AvgIpc) is 3.01. The van der Waals surface area contributed by atoms with Crippen LogP contribution in [0.25, 0.3) is 0 Å². The van der Waals surface area contributed by atoms with Crippen molar-refractivity contribution < 1.29 is 9.13 Å². The highest BCUT2D eigenvalue weighted by Crippen LogP contribution is 2.22. The lowest BCUT2D eigenvalue weighted by Gasteiger charge is -2.18.